The van der Waals surface area contributed by atoms with E-state index in [2.05, 4.69) is 10.6 Å². The highest BCUT2D eigenvalue weighted by Crippen LogP contribution is 2.35. The molecule has 0 saturated carbocycles. The lowest BCUT2D eigenvalue weighted by molar-refractivity contribution is -0.137. The van der Waals surface area contributed by atoms with Crippen LogP contribution < -0.4 is 15.5 Å². The fourth-order valence-corrected chi connectivity index (χ4v) is 3.48. The van der Waals surface area contributed by atoms with Crippen molar-refractivity contribution in [3.05, 3.63) is 29.8 Å². The smallest absolute Gasteiger partial charge is 0.336 e. The van der Waals surface area contributed by atoms with E-state index in [4.69, 9.17) is 0 Å². The van der Waals surface area contributed by atoms with Crippen LogP contribution in [0.15, 0.2) is 24.3 Å². The molecule has 0 aromatic heterocycles. The van der Waals surface area contributed by atoms with Crippen molar-refractivity contribution in [1.29, 1.82) is 0 Å². The molecule has 1 aromatic carbocycles. The maximum absolute atomic E-state index is 13.0. The first kappa shape index (κ1) is 20.0. The fourth-order valence-electron chi connectivity index (χ4n) is 3.48. The minimum absolute atomic E-state index is 0.0498. The SMILES string of the molecule is CC(C)NC(=O)NC1CCN2C(=O)N(c3cccc(C(F)(F)F)c3)C(=O)C2C1. The number of benzene rings is 1. The molecule has 2 saturated heterocycles. The first-order valence-corrected chi connectivity index (χ1v) is 8.97. The summed E-state index contributed by atoms with van der Waals surface area (Å²) in [6, 6.07) is 1.98. The Balaban J connectivity index is 1.76. The summed E-state index contributed by atoms with van der Waals surface area (Å²) in [6.07, 6.45) is -3.91. The number of carbonyl (C=O) groups excluding carboxylic acids is 3. The normalized spacial score (nSPS) is 22.5. The molecule has 2 fully saturated rings. The number of urea groups is 2. The number of nitrogens with one attached hydrogen (secondary N) is 2. The highest BCUT2D eigenvalue weighted by atomic mass is 19.4. The molecule has 1 aromatic rings. The van der Waals surface area contributed by atoms with Crippen molar-refractivity contribution in [2.75, 3.05) is 11.4 Å². The van der Waals surface area contributed by atoms with Crippen LogP contribution in [0.5, 0.6) is 0 Å². The Bertz CT molecular complexity index is 797. The largest absolute Gasteiger partial charge is 0.416 e. The number of alkyl halides is 3. The number of rotatable bonds is 3. The Hall–Kier alpha value is -2.78. The highest BCUT2D eigenvalue weighted by molar-refractivity contribution is 6.21. The van der Waals surface area contributed by atoms with Crippen LogP contribution in [0.25, 0.3) is 0 Å². The van der Waals surface area contributed by atoms with Crippen LogP contribution in [0.2, 0.25) is 0 Å². The number of carbonyl (C=O) groups is 3. The number of halogens is 3. The number of fused-ring (bicyclic) bond motifs is 1. The molecule has 0 bridgehead atoms. The second kappa shape index (κ2) is 7.33. The van der Waals surface area contributed by atoms with Crippen LogP contribution in [0.3, 0.4) is 0 Å². The molecule has 3 rings (SSSR count). The maximum Gasteiger partial charge on any atom is 0.416 e. The van der Waals surface area contributed by atoms with Gasteiger partial charge in [-0.25, -0.2) is 14.5 Å². The molecule has 0 aliphatic carbocycles. The van der Waals surface area contributed by atoms with Crippen LogP contribution >= 0.6 is 0 Å². The topological polar surface area (TPSA) is 81.8 Å². The summed E-state index contributed by atoms with van der Waals surface area (Å²) in [4.78, 5) is 39.4. The van der Waals surface area contributed by atoms with Gasteiger partial charge in [0.25, 0.3) is 5.91 Å². The molecule has 7 nitrogen and oxygen atoms in total. The van der Waals surface area contributed by atoms with Crippen LogP contribution in [0, 0.1) is 0 Å². The lowest BCUT2D eigenvalue weighted by Crippen LogP contribution is -2.52. The van der Waals surface area contributed by atoms with E-state index in [1.54, 1.807) is 0 Å². The van der Waals surface area contributed by atoms with E-state index in [0.717, 1.165) is 23.1 Å². The van der Waals surface area contributed by atoms with Crippen LogP contribution in [0.4, 0.5) is 28.4 Å². The molecule has 2 unspecified atom stereocenters. The summed E-state index contributed by atoms with van der Waals surface area (Å²) >= 11 is 0. The molecule has 2 N–H and O–H groups in total. The molecule has 0 spiro atoms. The van der Waals surface area contributed by atoms with Gasteiger partial charge in [0.1, 0.15) is 6.04 Å². The first-order chi connectivity index (χ1) is 13.1. The number of anilines is 1. The van der Waals surface area contributed by atoms with Crippen molar-refractivity contribution in [3.63, 3.8) is 0 Å². The van der Waals surface area contributed by atoms with Crippen molar-refractivity contribution < 1.29 is 27.6 Å². The van der Waals surface area contributed by atoms with Gasteiger partial charge in [-0.05, 0) is 44.9 Å². The number of hydrogen-bond acceptors (Lipinski definition) is 3. The zero-order valence-electron chi connectivity index (χ0n) is 15.4. The third kappa shape index (κ3) is 3.90. The van der Waals surface area contributed by atoms with E-state index in [9.17, 15) is 27.6 Å². The lowest BCUT2D eigenvalue weighted by atomic mass is 9.98. The van der Waals surface area contributed by atoms with Crippen LogP contribution in [0.1, 0.15) is 32.3 Å². The minimum atomic E-state index is -4.58. The van der Waals surface area contributed by atoms with Gasteiger partial charge in [0, 0.05) is 18.6 Å². The van der Waals surface area contributed by atoms with Gasteiger partial charge in [-0.15, -0.1) is 0 Å². The molecule has 2 aliphatic heterocycles. The molecular formula is C18H21F3N4O3. The van der Waals surface area contributed by atoms with Gasteiger partial charge in [0.15, 0.2) is 0 Å². The van der Waals surface area contributed by atoms with Gasteiger partial charge in [-0.2, -0.15) is 13.2 Å². The number of piperidine rings is 1. The van der Waals surface area contributed by atoms with Crippen molar-refractivity contribution >= 4 is 23.7 Å². The molecule has 2 atom stereocenters. The molecule has 10 heteroatoms. The van der Waals surface area contributed by atoms with E-state index in [1.165, 1.54) is 11.0 Å². The number of nitrogens with zero attached hydrogens (tertiary/aromatic N) is 2. The summed E-state index contributed by atoms with van der Waals surface area (Å²) in [5, 5.41) is 5.47. The Morgan fingerprint density at radius 3 is 2.61 bits per heavy atom. The summed E-state index contributed by atoms with van der Waals surface area (Å²) in [5.74, 6) is -0.583. The first-order valence-electron chi connectivity index (χ1n) is 8.97. The summed E-state index contributed by atoms with van der Waals surface area (Å²) < 4.78 is 38.9. The Labute approximate surface area is 159 Å². The monoisotopic (exact) mass is 398 g/mol. The highest BCUT2D eigenvalue weighted by Gasteiger charge is 2.49. The maximum atomic E-state index is 13.0. The zero-order valence-corrected chi connectivity index (χ0v) is 15.4. The summed E-state index contributed by atoms with van der Waals surface area (Å²) in [6.45, 7) is 3.86. The van der Waals surface area contributed by atoms with Gasteiger partial charge in [-0.1, -0.05) is 6.07 Å². The van der Waals surface area contributed by atoms with E-state index < -0.39 is 29.7 Å². The molecule has 28 heavy (non-hydrogen) atoms. The lowest BCUT2D eigenvalue weighted by Gasteiger charge is -2.32. The van der Waals surface area contributed by atoms with Crippen LogP contribution in [-0.2, 0) is 11.0 Å². The van der Waals surface area contributed by atoms with Gasteiger partial charge in [0.05, 0.1) is 11.3 Å². The van der Waals surface area contributed by atoms with Gasteiger partial charge in [0.2, 0.25) is 0 Å². The Morgan fingerprint density at radius 2 is 1.96 bits per heavy atom. The predicted molar refractivity (Wildman–Crippen MR) is 94.6 cm³/mol. The molecule has 2 aliphatic rings. The van der Waals surface area contributed by atoms with Crippen molar-refractivity contribution in [1.82, 2.24) is 15.5 Å². The molecule has 0 radical (unpaired) electrons. The molecule has 152 valence electrons. The van der Waals surface area contributed by atoms with Gasteiger partial charge < -0.3 is 15.5 Å². The van der Waals surface area contributed by atoms with Crippen molar-refractivity contribution in [2.45, 2.75) is 51.0 Å². The van der Waals surface area contributed by atoms with E-state index in [-0.39, 0.29) is 36.8 Å². The van der Waals surface area contributed by atoms with E-state index in [0.29, 0.717) is 6.42 Å². The second-order valence-electron chi connectivity index (χ2n) is 7.21. The van der Waals surface area contributed by atoms with E-state index >= 15 is 0 Å². The van der Waals surface area contributed by atoms with Gasteiger partial charge >= 0.3 is 18.2 Å². The third-order valence-electron chi connectivity index (χ3n) is 4.73. The Kier molecular flexibility index (Phi) is 5.22. The van der Waals surface area contributed by atoms with Crippen molar-refractivity contribution in [3.8, 4) is 0 Å². The minimum Gasteiger partial charge on any atom is -0.336 e. The molecule has 2 heterocycles. The summed E-state index contributed by atoms with van der Waals surface area (Å²) in [5.41, 5.74) is -1.04. The quantitative estimate of drug-likeness (QED) is 0.769. The standard InChI is InChI=1S/C18H21F3N4O3/c1-10(2)22-16(27)23-12-6-7-24-14(9-12)15(26)25(17(24)28)13-5-3-4-11(8-13)18(19,20)21/h3-5,8,10,12,14H,6-7,9H2,1-2H3,(H2,22,23,27). The van der Waals surface area contributed by atoms with Crippen LogP contribution in [-0.4, -0.2) is 47.5 Å². The zero-order chi connectivity index (χ0) is 20.6. The average Bonchev–Trinajstić information content (AvgIpc) is 2.84. The number of imide groups is 1. The van der Waals surface area contributed by atoms with E-state index in [1.807, 2.05) is 13.8 Å². The summed E-state index contributed by atoms with van der Waals surface area (Å²) in [7, 11) is 0. The number of amides is 5. The fraction of sp³-hybridized carbons (Fsp3) is 0.500. The number of hydrogen-bond donors (Lipinski definition) is 2. The second-order valence-corrected chi connectivity index (χ2v) is 7.21. The van der Waals surface area contributed by atoms with Crippen molar-refractivity contribution in [2.24, 2.45) is 0 Å². The predicted octanol–water partition coefficient (Wildman–Crippen LogP) is 2.71. The average molecular weight is 398 g/mol. The Morgan fingerprint density at radius 1 is 1.25 bits per heavy atom. The molecule has 5 amide bonds. The van der Waals surface area contributed by atoms with Gasteiger partial charge in [-0.3, -0.25) is 4.79 Å². The third-order valence-corrected chi connectivity index (χ3v) is 4.73. The molecular weight excluding hydrogens is 377 g/mol.